The minimum Gasteiger partial charge on any atom is -0.488 e. The van der Waals surface area contributed by atoms with E-state index in [4.69, 9.17) is 15.7 Å². The van der Waals surface area contributed by atoms with E-state index in [-0.39, 0.29) is 5.95 Å². The number of benzene rings is 1. The molecule has 2 rings (SSSR count). The van der Waals surface area contributed by atoms with E-state index in [0.717, 1.165) is 5.57 Å². The number of allylic oxidation sites excluding steroid dienone is 1. The molecule has 0 unspecified atom stereocenters. The van der Waals surface area contributed by atoms with Gasteiger partial charge in [0, 0.05) is 11.8 Å². The highest BCUT2D eigenvalue weighted by atomic mass is 16.5. The zero-order valence-electron chi connectivity index (χ0n) is 12.4. The molecule has 0 bridgehead atoms. The number of nitrogens with zero attached hydrogens (tertiary/aromatic N) is 4. The van der Waals surface area contributed by atoms with Gasteiger partial charge < -0.3 is 15.8 Å². The predicted octanol–water partition coefficient (Wildman–Crippen LogP) is 2.41. The highest BCUT2D eigenvalue weighted by Crippen LogP contribution is 2.24. The summed E-state index contributed by atoms with van der Waals surface area (Å²) in [6.07, 6.45) is 3.26. The maximum atomic E-state index is 9.13. The van der Waals surface area contributed by atoms with E-state index in [1.54, 1.807) is 18.2 Å². The van der Waals surface area contributed by atoms with Crippen molar-refractivity contribution in [2.24, 2.45) is 0 Å². The first kappa shape index (κ1) is 15.3. The summed E-state index contributed by atoms with van der Waals surface area (Å²) in [6.45, 7) is 4.37. The molecule has 1 aromatic heterocycles. The third-order valence-corrected chi connectivity index (χ3v) is 2.68. The van der Waals surface area contributed by atoms with E-state index in [2.05, 4.69) is 26.3 Å². The van der Waals surface area contributed by atoms with Gasteiger partial charge >= 0.3 is 0 Å². The summed E-state index contributed by atoms with van der Waals surface area (Å²) in [7, 11) is 0. The van der Waals surface area contributed by atoms with Crippen LogP contribution in [0.15, 0.2) is 36.2 Å². The lowest BCUT2D eigenvalue weighted by Crippen LogP contribution is -2.03. The number of nitrogens with two attached hydrogens (primary N) is 1. The molecule has 0 saturated carbocycles. The van der Waals surface area contributed by atoms with Crippen LogP contribution >= 0.6 is 0 Å². The molecule has 0 spiro atoms. The van der Waals surface area contributed by atoms with Crippen molar-refractivity contribution in [2.75, 3.05) is 17.7 Å². The van der Waals surface area contributed by atoms with Crippen molar-refractivity contribution in [2.45, 2.75) is 13.8 Å². The molecule has 0 atom stereocenters. The maximum Gasteiger partial charge on any atom is 0.231 e. The maximum absolute atomic E-state index is 9.13. The van der Waals surface area contributed by atoms with E-state index in [9.17, 15) is 0 Å². The van der Waals surface area contributed by atoms with E-state index >= 15 is 0 Å². The Hall–Kier alpha value is -3.14. The monoisotopic (exact) mass is 296 g/mol. The largest absolute Gasteiger partial charge is 0.488 e. The van der Waals surface area contributed by atoms with E-state index < -0.39 is 0 Å². The van der Waals surface area contributed by atoms with Crippen LogP contribution in [0, 0.1) is 11.3 Å². The van der Waals surface area contributed by atoms with Crippen LogP contribution < -0.4 is 15.8 Å². The molecule has 0 saturated heterocycles. The Morgan fingerprint density at radius 1 is 1.41 bits per heavy atom. The molecule has 0 aliphatic rings. The Morgan fingerprint density at radius 2 is 2.23 bits per heavy atom. The first-order valence-corrected chi connectivity index (χ1v) is 6.60. The molecule has 1 heterocycles. The summed E-state index contributed by atoms with van der Waals surface area (Å²) in [5.74, 6) is 0.950. The highest BCUT2D eigenvalue weighted by molar-refractivity contribution is 5.60. The lowest BCUT2D eigenvalue weighted by atomic mass is 10.2. The number of nitrogens with one attached hydrogen (secondary N) is 1. The van der Waals surface area contributed by atoms with E-state index in [1.165, 1.54) is 6.33 Å². The SMILES string of the molecule is CC(C)=CCOc1cc(Nc2ncnc(N)n2)ccc1C#N. The van der Waals surface area contributed by atoms with Gasteiger partial charge in [-0.15, -0.1) is 0 Å². The summed E-state index contributed by atoms with van der Waals surface area (Å²) in [5, 5.41) is 12.1. The van der Waals surface area contributed by atoms with Gasteiger partial charge in [-0.2, -0.15) is 10.2 Å². The Balaban J connectivity index is 2.19. The van der Waals surface area contributed by atoms with Crippen LogP contribution in [0.2, 0.25) is 0 Å². The number of hydrogen-bond donors (Lipinski definition) is 2. The van der Waals surface area contributed by atoms with Gasteiger partial charge in [0.1, 0.15) is 24.8 Å². The molecule has 0 aliphatic carbocycles. The second-order valence-electron chi connectivity index (χ2n) is 4.71. The summed E-state index contributed by atoms with van der Waals surface area (Å²) in [4.78, 5) is 11.6. The van der Waals surface area contributed by atoms with Gasteiger partial charge in [0.05, 0.1) is 5.56 Å². The lowest BCUT2D eigenvalue weighted by molar-refractivity contribution is 0.361. The van der Waals surface area contributed by atoms with Crippen molar-refractivity contribution < 1.29 is 4.74 Å². The zero-order chi connectivity index (χ0) is 15.9. The molecule has 3 N–H and O–H groups in total. The second kappa shape index (κ2) is 7.04. The van der Waals surface area contributed by atoms with Crippen LogP contribution in [-0.4, -0.2) is 21.6 Å². The molecule has 0 radical (unpaired) electrons. The van der Waals surface area contributed by atoms with Crippen LogP contribution in [0.25, 0.3) is 0 Å². The van der Waals surface area contributed by atoms with Crippen molar-refractivity contribution >= 4 is 17.6 Å². The molecule has 2 aromatic rings. The quantitative estimate of drug-likeness (QED) is 0.815. The second-order valence-corrected chi connectivity index (χ2v) is 4.71. The van der Waals surface area contributed by atoms with Gasteiger partial charge in [-0.05, 0) is 32.1 Å². The highest BCUT2D eigenvalue weighted by Gasteiger charge is 2.06. The molecule has 0 aliphatic heterocycles. The van der Waals surface area contributed by atoms with Crippen molar-refractivity contribution in [3.05, 3.63) is 41.7 Å². The molecule has 1 aromatic carbocycles. The number of aromatic nitrogens is 3. The van der Waals surface area contributed by atoms with Gasteiger partial charge in [0.2, 0.25) is 11.9 Å². The third-order valence-electron chi connectivity index (χ3n) is 2.68. The summed E-state index contributed by atoms with van der Waals surface area (Å²) in [6, 6.07) is 7.23. The average Bonchev–Trinajstić information content (AvgIpc) is 2.47. The van der Waals surface area contributed by atoms with Crippen LogP contribution in [0.3, 0.4) is 0 Å². The summed E-state index contributed by atoms with van der Waals surface area (Å²) < 4.78 is 5.62. The Morgan fingerprint density at radius 3 is 2.91 bits per heavy atom. The number of ether oxygens (including phenoxy) is 1. The summed E-state index contributed by atoms with van der Waals surface area (Å²) >= 11 is 0. The lowest BCUT2D eigenvalue weighted by Gasteiger charge is -2.09. The molecule has 0 amide bonds. The minimum absolute atomic E-state index is 0.131. The van der Waals surface area contributed by atoms with Crippen LogP contribution in [0.1, 0.15) is 19.4 Å². The third kappa shape index (κ3) is 4.18. The molecule has 112 valence electrons. The number of nitrogen functional groups attached to an aromatic ring is 1. The Kier molecular flexibility index (Phi) is 4.88. The van der Waals surface area contributed by atoms with Gasteiger partial charge in [-0.25, -0.2) is 9.97 Å². The first-order valence-electron chi connectivity index (χ1n) is 6.60. The molecule has 22 heavy (non-hydrogen) atoms. The number of anilines is 3. The molecule has 7 nitrogen and oxygen atoms in total. The number of nitriles is 1. The minimum atomic E-state index is 0.131. The van der Waals surface area contributed by atoms with Crippen LogP contribution in [-0.2, 0) is 0 Å². The molecular weight excluding hydrogens is 280 g/mol. The average molecular weight is 296 g/mol. The number of rotatable bonds is 5. The fourth-order valence-electron chi connectivity index (χ4n) is 1.61. The van der Waals surface area contributed by atoms with Gasteiger partial charge in [0.15, 0.2) is 0 Å². The topological polar surface area (TPSA) is 110 Å². The Bertz CT molecular complexity index is 731. The smallest absolute Gasteiger partial charge is 0.231 e. The Labute approximate surface area is 128 Å². The standard InChI is InChI=1S/C15H16N6O/c1-10(2)5-6-22-13-7-12(4-3-11(13)8-16)20-15-19-9-18-14(17)21-15/h3-5,7,9H,6H2,1-2H3,(H3,17,18,19,20,21). The van der Waals surface area contributed by atoms with Crippen molar-refractivity contribution in [1.82, 2.24) is 15.0 Å². The van der Waals surface area contributed by atoms with Gasteiger partial charge in [-0.3, -0.25) is 0 Å². The first-order chi connectivity index (χ1) is 10.6. The van der Waals surface area contributed by atoms with E-state index in [1.807, 2.05) is 19.9 Å². The van der Waals surface area contributed by atoms with Crippen molar-refractivity contribution in [1.29, 1.82) is 5.26 Å². The predicted molar refractivity (Wildman–Crippen MR) is 83.6 cm³/mol. The number of hydrogen-bond acceptors (Lipinski definition) is 7. The van der Waals surface area contributed by atoms with Crippen LogP contribution in [0.4, 0.5) is 17.6 Å². The van der Waals surface area contributed by atoms with Crippen molar-refractivity contribution in [3.63, 3.8) is 0 Å². The molecule has 7 heteroatoms. The fraction of sp³-hybridized carbons (Fsp3) is 0.200. The molecule has 0 fully saturated rings. The van der Waals surface area contributed by atoms with E-state index in [0.29, 0.717) is 29.6 Å². The van der Waals surface area contributed by atoms with Crippen LogP contribution in [0.5, 0.6) is 5.75 Å². The summed E-state index contributed by atoms with van der Waals surface area (Å²) in [5.41, 5.74) is 7.80. The van der Waals surface area contributed by atoms with Crippen molar-refractivity contribution in [3.8, 4) is 11.8 Å². The zero-order valence-corrected chi connectivity index (χ0v) is 12.4. The molecular formula is C15H16N6O. The van der Waals surface area contributed by atoms with Gasteiger partial charge in [0.25, 0.3) is 0 Å². The fourth-order valence-corrected chi connectivity index (χ4v) is 1.61. The normalized spacial score (nSPS) is 9.68. The van der Waals surface area contributed by atoms with Gasteiger partial charge in [-0.1, -0.05) is 5.57 Å².